The van der Waals surface area contributed by atoms with Gasteiger partial charge in [-0.3, -0.25) is 0 Å². The van der Waals surface area contributed by atoms with Crippen molar-refractivity contribution in [3.05, 3.63) is 18.2 Å². The van der Waals surface area contributed by atoms with E-state index in [-0.39, 0.29) is 0 Å². The summed E-state index contributed by atoms with van der Waals surface area (Å²) in [4.78, 5) is 4.46. The van der Waals surface area contributed by atoms with Gasteiger partial charge in [0.05, 0.1) is 0 Å². The lowest BCUT2D eigenvalue weighted by Crippen LogP contribution is -2.34. The molecule has 1 rings (SSSR count). The van der Waals surface area contributed by atoms with E-state index < -0.39 is 0 Å². The Labute approximate surface area is 99.3 Å². The van der Waals surface area contributed by atoms with Crippen molar-refractivity contribution in [2.24, 2.45) is 5.92 Å². The molecule has 1 aromatic rings. The molecule has 0 radical (unpaired) electrons. The topological polar surface area (TPSA) is 29.9 Å². The molecular formula is C13H25N3. The predicted octanol–water partition coefficient (Wildman–Crippen LogP) is 2.47. The molecule has 0 saturated carbocycles. The SMILES string of the molecule is CCCn1ccnc1CC(NC)C(C)CC. The average molecular weight is 223 g/mol. The van der Waals surface area contributed by atoms with Gasteiger partial charge in [-0.1, -0.05) is 27.2 Å². The van der Waals surface area contributed by atoms with Gasteiger partial charge >= 0.3 is 0 Å². The second-order valence-corrected chi connectivity index (χ2v) is 4.52. The number of nitrogens with zero attached hydrogens (tertiary/aromatic N) is 2. The second kappa shape index (κ2) is 6.69. The maximum Gasteiger partial charge on any atom is 0.110 e. The van der Waals surface area contributed by atoms with Crippen LogP contribution in [0.2, 0.25) is 0 Å². The molecule has 0 spiro atoms. The van der Waals surface area contributed by atoms with Gasteiger partial charge < -0.3 is 9.88 Å². The van der Waals surface area contributed by atoms with E-state index in [0.29, 0.717) is 12.0 Å². The summed E-state index contributed by atoms with van der Waals surface area (Å²) in [6, 6.07) is 0.531. The minimum Gasteiger partial charge on any atom is -0.335 e. The highest BCUT2D eigenvalue weighted by Crippen LogP contribution is 2.12. The monoisotopic (exact) mass is 223 g/mol. The fraction of sp³-hybridized carbons (Fsp3) is 0.769. The standard InChI is InChI=1S/C13H25N3/c1-5-8-16-9-7-15-13(16)10-12(14-4)11(3)6-2/h7,9,11-12,14H,5-6,8,10H2,1-4H3. The van der Waals surface area contributed by atoms with Crippen LogP contribution < -0.4 is 5.32 Å². The lowest BCUT2D eigenvalue weighted by atomic mass is 9.96. The van der Waals surface area contributed by atoms with Gasteiger partial charge in [0.2, 0.25) is 0 Å². The van der Waals surface area contributed by atoms with E-state index >= 15 is 0 Å². The highest BCUT2D eigenvalue weighted by molar-refractivity contribution is 4.96. The number of hydrogen-bond donors (Lipinski definition) is 1. The van der Waals surface area contributed by atoms with Crippen molar-refractivity contribution >= 4 is 0 Å². The van der Waals surface area contributed by atoms with Crippen molar-refractivity contribution in [2.45, 2.75) is 52.6 Å². The molecule has 1 N–H and O–H groups in total. The summed E-state index contributed by atoms with van der Waals surface area (Å²) < 4.78 is 2.27. The van der Waals surface area contributed by atoms with Crippen LogP contribution in [0.25, 0.3) is 0 Å². The molecule has 3 nitrogen and oxygen atoms in total. The van der Waals surface area contributed by atoms with Crippen LogP contribution in [-0.4, -0.2) is 22.6 Å². The molecule has 0 bridgehead atoms. The molecule has 0 aliphatic heterocycles. The number of aryl methyl sites for hydroxylation is 1. The Bertz CT molecular complexity index is 293. The lowest BCUT2D eigenvalue weighted by Gasteiger charge is -2.22. The van der Waals surface area contributed by atoms with Crippen LogP contribution in [0.15, 0.2) is 12.4 Å². The molecule has 2 atom stereocenters. The molecule has 0 amide bonds. The van der Waals surface area contributed by atoms with Crippen LogP contribution in [0.5, 0.6) is 0 Å². The number of likely N-dealkylation sites (N-methyl/N-ethyl adjacent to an activating group) is 1. The Hall–Kier alpha value is -0.830. The quantitative estimate of drug-likeness (QED) is 0.769. The lowest BCUT2D eigenvalue weighted by molar-refractivity contribution is 0.376. The fourth-order valence-corrected chi connectivity index (χ4v) is 2.04. The van der Waals surface area contributed by atoms with E-state index in [0.717, 1.165) is 19.4 Å². The Morgan fingerprint density at radius 2 is 2.19 bits per heavy atom. The number of rotatable bonds is 7. The molecule has 92 valence electrons. The van der Waals surface area contributed by atoms with Crippen LogP contribution in [0.4, 0.5) is 0 Å². The minimum absolute atomic E-state index is 0.531. The van der Waals surface area contributed by atoms with Crippen molar-refractivity contribution in [1.82, 2.24) is 14.9 Å². The number of aromatic nitrogens is 2. The molecule has 1 heterocycles. The first-order chi connectivity index (χ1) is 7.72. The van der Waals surface area contributed by atoms with Crippen molar-refractivity contribution in [1.29, 1.82) is 0 Å². The molecular weight excluding hydrogens is 198 g/mol. The number of nitrogens with one attached hydrogen (secondary N) is 1. The summed E-state index contributed by atoms with van der Waals surface area (Å²) in [5.74, 6) is 1.90. The summed E-state index contributed by atoms with van der Waals surface area (Å²) in [5, 5.41) is 3.41. The van der Waals surface area contributed by atoms with E-state index in [1.165, 1.54) is 12.2 Å². The van der Waals surface area contributed by atoms with E-state index in [2.05, 4.69) is 41.8 Å². The molecule has 2 unspecified atom stereocenters. The maximum absolute atomic E-state index is 4.46. The van der Waals surface area contributed by atoms with E-state index in [4.69, 9.17) is 0 Å². The van der Waals surface area contributed by atoms with Gasteiger partial charge in [0.15, 0.2) is 0 Å². The van der Waals surface area contributed by atoms with Crippen molar-refractivity contribution < 1.29 is 0 Å². The van der Waals surface area contributed by atoms with Gasteiger partial charge in [-0.15, -0.1) is 0 Å². The van der Waals surface area contributed by atoms with Crippen LogP contribution in [-0.2, 0) is 13.0 Å². The molecule has 0 fully saturated rings. The zero-order valence-electron chi connectivity index (χ0n) is 11.0. The zero-order chi connectivity index (χ0) is 12.0. The van der Waals surface area contributed by atoms with Crippen LogP contribution in [0.3, 0.4) is 0 Å². The van der Waals surface area contributed by atoms with Gasteiger partial charge in [-0.25, -0.2) is 4.98 Å². The molecule has 0 aromatic carbocycles. The van der Waals surface area contributed by atoms with Gasteiger partial charge in [-0.2, -0.15) is 0 Å². The Kier molecular flexibility index (Phi) is 5.53. The number of imidazole rings is 1. The Morgan fingerprint density at radius 1 is 1.44 bits per heavy atom. The highest BCUT2D eigenvalue weighted by Gasteiger charge is 2.16. The van der Waals surface area contributed by atoms with Gasteiger partial charge in [0, 0.05) is 31.4 Å². The van der Waals surface area contributed by atoms with Crippen molar-refractivity contribution in [3.8, 4) is 0 Å². The molecule has 0 aliphatic rings. The fourth-order valence-electron chi connectivity index (χ4n) is 2.04. The van der Waals surface area contributed by atoms with Gasteiger partial charge in [0.25, 0.3) is 0 Å². The zero-order valence-corrected chi connectivity index (χ0v) is 11.0. The summed E-state index contributed by atoms with van der Waals surface area (Å²) in [6.45, 7) is 7.82. The normalized spacial score (nSPS) is 15.0. The van der Waals surface area contributed by atoms with Crippen LogP contribution >= 0.6 is 0 Å². The van der Waals surface area contributed by atoms with Crippen LogP contribution in [0.1, 0.15) is 39.4 Å². The second-order valence-electron chi connectivity index (χ2n) is 4.52. The van der Waals surface area contributed by atoms with Gasteiger partial charge in [0.1, 0.15) is 5.82 Å². The third-order valence-corrected chi connectivity index (χ3v) is 3.37. The first-order valence-electron chi connectivity index (χ1n) is 6.40. The Morgan fingerprint density at radius 3 is 2.75 bits per heavy atom. The third kappa shape index (κ3) is 3.34. The van der Waals surface area contributed by atoms with E-state index in [9.17, 15) is 0 Å². The van der Waals surface area contributed by atoms with Crippen LogP contribution in [0, 0.1) is 5.92 Å². The molecule has 16 heavy (non-hydrogen) atoms. The molecule has 0 saturated heterocycles. The van der Waals surface area contributed by atoms with Gasteiger partial charge in [-0.05, 0) is 19.4 Å². The predicted molar refractivity (Wildman–Crippen MR) is 68.5 cm³/mol. The summed E-state index contributed by atoms with van der Waals surface area (Å²) in [6.07, 6.45) is 7.39. The largest absolute Gasteiger partial charge is 0.335 e. The Balaban J connectivity index is 2.66. The van der Waals surface area contributed by atoms with E-state index in [1.807, 2.05) is 13.2 Å². The number of hydrogen-bond acceptors (Lipinski definition) is 2. The maximum atomic E-state index is 4.46. The molecule has 1 aromatic heterocycles. The first kappa shape index (κ1) is 13.2. The van der Waals surface area contributed by atoms with E-state index in [1.54, 1.807) is 0 Å². The smallest absolute Gasteiger partial charge is 0.110 e. The molecule has 0 aliphatic carbocycles. The minimum atomic E-state index is 0.531. The summed E-state index contributed by atoms with van der Waals surface area (Å²) in [7, 11) is 2.05. The van der Waals surface area contributed by atoms with Crippen molar-refractivity contribution in [3.63, 3.8) is 0 Å². The summed E-state index contributed by atoms with van der Waals surface area (Å²) in [5.41, 5.74) is 0. The highest BCUT2D eigenvalue weighted by atomic mass is 15.1. The third-order valence-electron chi connectivity index (χ3n) is 3.37. The average Bonchev–Trinajstić information content (AvgIpc) is 2.73. The molecule has 3 heteroatoms. The van der Waals surface area contributed by atoms with Crippen molar-refractivity contribution in [2.75, 3.05) is 7.05 Å². The summed E-state index contributed by atoms with van der Waals surface area (Å²) >= 11 is 0. The first-order valence-corrected chi connectivity index (χ1v) is 6.40.